The second kappa shape index (κ2) is 3.13. The molecular formula is C6H12OS. The van der Waals surface area contributed by atoms with Gasteiger partial charge in [0.15, 0.2) is 0 Å². The van der Waals surface area contributed by atoms with Crippen molar-refractivity contribution in [3.05, 3.63) is 0 Å². The molecule has 0 N–H and O–H groups in total. The van der Waals surface area contributed by atoms with Crippen LogP contribution in [-0.4, -0.2) is 17.3 Å². The van der Waals surface area contributed by atoms with E-state index in [0.717, 1.165) is 6.29 Å². The Bertz CT molecular complexity index is 78.6. The van der Waals surface area contributed by atoms with E-state index in [1.807, 2.05) is 6.26 Å². The molecule has 2 heteroatoms. The highest BCUT2D eigenvalue weighted by Crippen LogP contribution is 2.23. The van der Waals surface area contributed by atoms with Gasteiger partial charge in [0.2, 0.25) is 0 Å². The van der Waals surface area contributed by atoms with Crippen LogP contribution in [0.2, 0.25) is 0 Å². The second-order valence-corrected chi connectivity index (χ2v) is 3.85. The monoisotopic (exact) mass is 132 g/mol. The zero-order valence-corrected chi connectivity index (χ0v) is 6.42. The zero-order valence-electron chi connectivity index (χ0n) is 5.60. The Morgan fingerprint density at radius 2 is 2.12 bits per heavy atom. The van der Waals surface area contributed by atoms with Gasteiger partial charge in [-0.05, 0) is 6.26 Å². The minimum absolute atomic E-state index is 0.141. The standard InChI is InChI=1S/C6H12OS/c1-6(2,8-3)4-5-7/h5H,4H2,1-3H3. The summed E-state index contributed by atoms with van der Waals surface area (Å²) in [5.41, 5.74) is 0. The molecule has 0 radical (unpaired) electrons. The lowest BCUT2D eigenvalue weighted by atomic mass is 10.1. The van der Waals surface area contributed by atoms with Crippen molar-refractivity contribution in [2.45, 2.75) is 25.0 Å². The number of rotatable bonds is 3. The summed E-state index contributed by atoms with van der Waals surface area (Å²) in [5, 5.41) is 0. The summed E-state index contributed by atoms with van der Waals surface area (Å²) in [6.07, 6.45) is 3.63. The summed E-state index contributed by atoms with van der Waals surface area (Å²) in [5.74, 6) is 0. The maximum Gasteiger partial charge on any atom is 0.121 e. The van der Waals surface area contributed by atoms with Crippen LogP contribution in [0.3, 0.4) is 0 Å². The van der Waals surface area contributed by atoms with Gasteiger partial charge in [-0.1, -0.05) is 13.8 Å². The third-order valence-corrected chi connectivity index (χ3v) is 2.40. The van der Waals surface area contributed by atoms with Crippen molar-refractivity contribution in [1.29, 1.82) is 0 Å². The van der Waals surface area contributed by atoms with Crippen molar-refractivity contribution in [3.8, 4) is 0 Å². The molecule has 1 nitrogen and oxygen atoms in total. The molecule has 0 unspecified atom stereocenters. The van der Waals surface area contributed by atoms with Gasteiger partial charge in [0.05, 0.1) is 0 Å². The number of carbonyl (C=O) groups is 1. The van der Waals surface area contributed by atoms with E-state index in [2.05, 4.69) is 13.8 Å². The van der Waals surface area contributed by atoms with E-state index in [1.54, 1.807) is 11.8 Å². The van der Waals surface area contributed by atoms with Crippen LogP contribution in [-0.2, 0) is 4.79 Å². The molecule has 0 aromatic rings. The van der Waals surface area contributed by atoms with E-state index in [1.165, 1.54) is 0 Å². The lowest BCUT2D eigenvalue weighted by Gasteiger charge is -2.17. The van der Waals surface area contributed by atoms with Crippen LogP contribution < -0.4 is 0 Å². The lowest BCUT2D eigenvalue weighted by Crippen LogP contribution is -2.13. The summed E-state index contributed by atoms with van der Waals surface area (Å²) in [4.78, 5) is 9.97. The zero-order chi connectivity index (χ0) is 6.62. The molecule has 0 bridgehead atoms. The number of hydrogen-bond acceptors (Lipinski definition) is 2. The highest BCUT2D eigenvalue weighted by atomic mass is 32.2. The van der Waals surface area contributed by atoms with Gasteiger partial charge in [-0.15, -0.1) is 0 Å². The second-order valence-electron chi connectivity index (χ2n) is 2.33. The molecule has 0 rings (SSSR count). The number of thioether (sulfide) groups is 1. The van der Waals surface area contributed by atoms with Crippen LogP contribution in [0.15, 0.2) is 0 Å². The van der Waals surface area contributed by atoms with Crippen LogP contribution in [0.5, 0.6) is 0 Å². The van der Waals surface area contributed by atoms with Gasteiger partial charge in [0.1, 0.15) is 6.29 Å². The highest BCUT2D eigenvalue weighted by molar-refractivity contribution is 7.99. The van der Waals surface area contributed by atoms with Crippen molar-refractivity contribution in [1.82, 2.24) is 0 Å². The molecule has 48 valence electrons. The molecule has 0 atom stereocenters. The minimum atomic E-state index is 0.141. The average molecular weight is 132 g/mol. The smallest absolute Gasteiger partial charge is 0.121 e. The Morgan fingerprint density at radius 3 is 2.25 bits per heavy atom. The van der Waals surface area contributed by atoms with Crippen LogP contribution in [0.4, 0.5) is 0 Å². The van der Waals surface area contributed by atoms with E-state index < -0.39 is 0 Å². The minimum Gasteiger partial charge on any atom is -0.303 e. The van der Waals surface area contributed by atoms with Crippen LogP contribution in [0.25, 0.3) is 0 Å². The third kappa shape index (κ3) is 3.08. The van der Waals surface area contributed by atoms with Crippen molar-refractivity contribution >= 4 is 18.0 Å². The first-order valence-corrected chi connectivity index (χ1v) is 3.83. The normalized spacial score (nSPS) is 11.4. The molecule has 8 heavy (non-hydrogen) atoms. The molecule has 0 aliphatic rings. The first-order chi connectivity index (χ1) is 3.62. The maximum absolute atomic E-state index is 9.97. The molecule has 0 aromatic carbocycles. The third-order valence-electron chi connectivity index (χ3n) is 1.13. The van der Waals surface area contributed by atoms with Crippen molar-refractivity contribution in [3.63, 3.8) is 0 Å². The molecule has 0 saturated carbocycles. The number of carbonyl (C=O) groups excluding carboxylic acids is 1. The molecule has 0 heterocycles. The van der Waals surface area contributed by atoms with Gasteiger partial charge >= 0.3 is 0 Å². The molecule has 0 aliphatic heterocycles. The van der Waals surface area contributed by atoms with Crippen molar-refractivity contribution in [2.75, 3.05) is 6.26 Å². The topological polar surface area (TPSA) is 17.1 Å². The fraction of sp³-hybridized carbons (Fsp3) is 0.833. The Labute approximate surface area is 54.8 Å². The molecule has 0 aliphatic carbocycles. The van der Waals surface area contributed by atoms with Crippen molar-refractivity contribution in [2.24, 2.45) is 0 Å². The van der Waals surface area contributed by atoms with E-state index in [4.69, 9.17) is 0 Å². The van der Waals surface area contributed by atoms with Gasteiger partial charge in [-0.3, -0.25) is 0 Å². The van der Waals surface area contributed by atoms with E-state index in [9.17, 15) is 4.79 Å². The van der Waals surface area contributed by atoms with Gasteiger partial charge < -0.3 is 4.79 Å². The first-order valence-electron chi connectivity index (χ1n) is 2.61. The van der Waals surface area contributed by atoms with Crippen LogP contribution >= 0.6 is 11.8 Å². The predicted octanol–water partition coefficient (Wildman–Crippen LogP) is 1.72. The van der Waals surface area contributed by atoms with Gasteiger partial charge in [0, 0.05) is 11.2 Å². The summed E-state index contributed by atoms with van der Waals surface area (Å²) < 4.78 is 0.141. The molecule has 0 spiro atoms. The summed E-state index contributed by atoms with van der Waals surface area (Å²) in [7, 11) is 0. The number of hydrogen-bond donors (Lipinski definition) is 0. The van der Waals surface area contributed by atoms with Gasteiger partial charge in [-0.2, -0.15) is 11.8 Å². The van der Waals surface area contributed by atoms with E-state index in [-0.39, 0.29) is 4.75 Å². The highest BCUT2D eigenvalue weighted by Gasteiger charge is 2.13. The SMILES string of the molecule is CSC(C)(C)CC=O. The Hall–Kier alpha value is 0.0200. The molecule has 0 fully saturated rings. The Kier molecular flexibility index (Phi) is 3.13. The Morgan fingerprint density at radius 1 is 1.62 bits per heavy atom. The maximum atomic E-state index is 9.97. The lowest BCUT2D eigenvalue weighted by molar-refractivity contribution is -0.108. The van der Waals surface area contributed by atoms with Gasteiger partial charge in [0.25, 0.3) is 0 Å². The largest absolute Gasteiger partial charge is 0.303 e. The number of aldehydes is 1. The van der Waals surface area contributed by atoms with E-state index in [0.29, 0.717) is 6.42 Å². The molecule has 0 aromatic heterocycles. The summed E-state index contributed by atoms with van der Waals surface area (Å²) in [6, 6.07) is 0. The quantitative estimate of drug-likeness (QED) is 0.544. The fourth-order valence-electron chi connectivity index (χ4n) is 0.284. The van der Waals surface area contributed by atoms with E-state index >= 15 is 0 Å². The summed E-state index contributed by atoms with van der Waals surface area (Å²) >= 11 is 1.72. The van der Waals surface area contributed by atoms with Crippen molar-refractivity contribution < 1.29 is 4.79 Å². The molecular weight excluding hydrogens is 120 g/mol. The molecule has 0 saturated heterocycles. The van der Waals surface area contributed by atoms with Gasteiger partial charge in [-0.25, -0.2) is 0 Å². The fourth-order valence-corrected chi connectivity index (χ4v) is 0.519. The average Bonchev–Trinajstić information content (AvgIpc) is 1.67. The first kappa shape index (κ1) is 8.02. The molecule has 0 amide bonds. The Balaban J connectivity index is 3.53. The summed E-state index contributed by atoms with van der Waals surface area (Å²) in [6.45, 7) is 4.12. The van der Waals surface area contributed by atoms with Crippen LogP contribution in [0, 0.1) is 0 Å². The predicted molar refractivity (Wildman–Crippen MR) is 38.3 cm³/mol. The van der Waals surface area contributed by atoms with Crippen LogP contribution in [0.1, 0.15) is 20.3 Å².